The monoisotopic (exact) mass is 357 g/mol. The SMILES string of the molecule is CNS(=O)ON1C(=O)N2CC1CCC2C(=O)NC1CC2(CNC2)C1. The molecule has 10 heteroatoms. The fraction of sp³-hybridized carbons (Fsp3) is 0.857. The summed E-state index contributed by atoms with van der Waals surface area (Å²) in [5.41, 5.74) is 0.404. The van der Waals surface area contributed by atoms with Gasteiger partial charge in [0.25, 0.3) is 11.3 Å². The van der Waals surface area contributed by atoms with E-state index in [1.165, 1.54) is 11.9 Å². The first-order valence-electron chi connectivity index (χ1n) is 8.40. The van der Waals surface area contributed by atoms with Crippen molar-refractivity contribution in [1.82, 2.24) is 25.3 Å². The van der Waals surface area contributed by atoms with Crippen molar-refractivity contribution in [3.63, 3.8) is 0 Å². The van der Waals surface area contributed by atoms with Gasteiger partial charge < -0.3 is 15.5 Å². The number of hydroxylamine groups is 2. The van der Waals surface area contributed by atoms with Crippen LogP contribution in [0, 0.1) is 5.41 Å². The molecule has 3 atom stereocenters. The number of piperidine rings is 1. The lowest BCUT2D eigenvalue weighted by atomic mass is 9.61. The molecule has 4 rings (SSSR count). The second-order valence-corrected chi connectivity index (χ2v) is 8.27. The van der Waals surface area contributed by atoms with Crippen molar-refractivity contribution in [2.75, 3.05) is 26.7 Å². The van der Waals surface area contributed by atoms with E-state index in [1.54, 1.807) is 0 Å². The Morgan fingerprint density at radius 3 is 2.75 bits per heavy atom. The van der Waals surface area contributed by atoms with Crippen LogP contribution < -0.4 is 15.4 Å². The summed E-state index contributed by atoms with van der Waals surface area (Å²) < 4.78 is 19.1. The number of urea groups is 1. The Hall–Kier alpha value is -1.23. The molecule has 0 aromatic rings. The van der Waals surface area contributed by atoms with E-state index in [0.717, 1.165) is 31.0 Å². The first-order valence-corrected chi connectivity index (χ1v) is 9.47. The van der Waals surface area contributed by atoms with Gasteiger partial charge in [-0.3, -0.25) is 4.79 Å². The minimum Gasteiger partial charge on any atom is -0.352 e. The van der Waals surface area contributed by atoms with E-state index in [0.29, 0.717) is 24.8 Å². The van der Waals surface area contributed by atoms with Crippen molar-refractivity contribution in [1.29, 1.82) is 0 Å². The lowest BCUT2D eigenvalue weighted by Gasteiger charge is -2.54. The van der Waals surface area contributed by atoms with Crippen LogP contribution in [0.5, 0.6) is 0 Å². The fourth-order valence-corrected chi connectivity index (χ4v) is 4.67. The molecule has 134 valence electrons. The topological polar surface area (TPSA) is 103 Å². The summed E-state index contributed by atoms with van der Waals surface area (Å²) in [5.74, 6) is -0.0782. The van der Waals surface area contributed by atoms with Crippen LogP contribution in [-0.4, -0.2) is 70.9 Å². The smallest absolute Gasteiger partial charge is 0.346 e. The zero-order chi connectivity index (χ0) is 16.9. The first-order chi connectivity index (χ1) is 11.5. The molecule has 0 aromatic carbocycles. The molecule has 1 spiro atoms. The Kier molecular flexibility index (Phi) is 4.02. The highest BCUT2D eigenvalue weighted by atomic mass is 32.2. The maximum Gasteiger partial charge on any atom is 0.346 e. The summed E-state index contributed by atoms with van der Waals surface area (Å²) in [4.78, 5) is 26.6. The average Bonchev–Trinajstić information content (AvgIpc) is 2.73. The molecule has 9 nitrogen and oxygen atoms in total. The molecular formula is C14H23N5O4S. The van der Waals surface area contributed by atoms with E-state index in [-0.39, 0.29) is 24.0 Å². The van der Waals surface area contributed by atoms with E-state index in [4.69, 9.17) is 4.28 Å². The van der Waals surface area contributed by atoms with Gasteiger partial charge in [0.2, 0.25) is 5.91 Å². The van der Waals surface area contributed by atoms with Gasteiger partial charge in [0.15, 0.2) is 0 Å². The molecular weight excluding hydrogens is 334 g/mol. The van der Waals surface area contributed by atoms with E-state index >= 15 is 0 Å². The minimum atomic E-state index is -1.75. The summed E-state index contributed by atoms with van der Waals surface area (Å²) in [6.07, 6.45) is 3.31. The van der Waals surface area contributed by atoms with Gasteiger partial charge in [-0.1, -0.05) is 0 Å². The minimum absolute atomic E-state index is 0.0782. The third-order valence-electron chi connectivity index (χ3n) is 5.65. The molecule has 2 bridgehead atoms. The third-order valence-corrected chi connectivity index (χ3v) is 6.27. The molecule has 3 unspecified atom stereocenters. The summed E-state index contributed by atoms with van der Waals surface area (Å²) in [6.45, 7) is 2.53. The molecule has 0 radical (unpaired) electrons. The van der Waals surface area contributed by atoms with Crippen molar-refractivity contribution in [3.05, 3.63) is 0 Å². The predicted molar refractivity (Wildman–Crippen MR) is 85.5 cm³/mol. The zero-order valence-electron chi connectivity index (χ0n) is 13.6. The van der Waals surface area contributed by atoms with Crippen LogP contribution in [0.15, 0.2) is 0 Å². The number of nitrogens with one attached hydrogen (secondary N) is 3. The van der Waals surface area contributed by atoms with Crippen molar-refractivity contribution in [2.24, 2.45) is 5.41 Å². The van der Waals surface area contributed by atoms with Crippen molar-refractivity contribution < 1.29 is 18.1 Å². The van der Waals surface area contributed by atoms with Crippen LogP contribution in [0.4, 0.5) is 4.79 Å². The van der Waals surface area contributed by atoms with Gasteiger partial charge in [0.1, 0.15) is 6.04 Å². The highest BCUT2D eigenvalue weighted by Gasteiger charge is 2.51. The lowest BCUT2D eigenvalue weighted by molar-refractivity contribution is -0.129. The molecule has 1 aliphatic carbocycles. The Morgan fingerprint density at radius 1 is 1.38 bits per heavy atom. The summed E-state index contributed by atoms with van der Waals surface area (Å²) in [5, 5.41) is 7.52. The first kappa shape index (κ1) is 16.2. The van der Waals surface area contributed by atoms with E-state index < -0.39 is 17.3 Å². The Morgan fingerprint density at radius 2 is 2.12 bits per heavy atom. The molecule has 0 aromatic heterocycles. The molecule has 3 heterocycles. The maximum absolute atomic E-state index is 12.6. The molecule has 4 aliphatic rings. The quantitative estimate of drug-likeness (QED) is 0.577. The van der Waals surface area contributed by atoms with Crippen LogP contribution in [0.1, 0.15) is 25.7 Å². The highest BCUT2D eigenvalue weighted by Crippen LogP contribution is 2.44. The number of carbonyl (C=O) groups excluding carboxylic acids is 2. The van der Waals surface area contributed by atoms with Gasteiger partial charge in [-0.05, 0) is 38.1 Å². The number of hydrogen-bond donors (Lipinski definition) is 3. The number of hydrogen-bond acceptors (Lipinski definition) is 5. The number of rotatable bonds is 5. The third kappa shape index (κ3) is 2.61. The number of fused-ring (bicyclic) bond motifs is 2. The highest BCUT2D eigenvalue weighted by molar-refractivity contribution is 7.78. The number of nitrogens with zero attached hydrogens (tertiary/aromatic N) is 2. The van der Waals surface area contributed by atoms with Crippen molar-refractivity contribution in [3.8, 4) is 0 Å². The molecule has 24 heavy (non-hydrogen) atoms. The second-order valence-electron chi connectivity index (χ2n) is 7.24. The van der Waals surface area contributed by atoms with Gasteiger partial charge in [-0.15, -0.1) is 0 Å². The van der Waals surface area contributed by atoms with Gasteiger partial charge >= 0.3 is 6.03 Å². The van der Waals surface area contributed by atoms with E-state index in [2.05, 4.69) is 15.4 Å². The Balaban J connectivity index is 1.34. The van der Waals surface area contributed by atoms with Crippen LogP contribution >= 0.6 is 0 Å². The summed E-state index contributed by atoms with van der Waals surface area (Å²) >= 11 is -1.75. The molecule has 3 aliphatic heterocycles. The van der Waals surface area contributed by atoms with Crippen LogP contribution in [0.2, 0.25) is 0 Å². The number of amides is 3. The van der Waals surface area contributed by atoms with Crippen LogP contribution in [0.3, 0.4) is 0 Å². The van der Waals surface area contributed by atoms with E-state index in [9.17, 15) is 13.8 Å². The molecule has 3 N–H and O–H groups in total. The maximum atomic E-state index is 12.6. The summed E-state index contributed by atoms with van der Waals surface area (Å²) in [6, 6.07) is -0.762. The molecule has 4 fully saturated rings. The Labute approximate surface area is 143 Å². The lowest BCUT2D eigenvalue weighted by Crippen LogP contribution is -2.66. The molecule has 3 saturated heterocycles. The van der Waals surface area contributed by atoms with E-state index in [1.807, 2.05) is 0 Å². The van der Waals surface area contributed by atoms with Gasteiger partial charge in [-0.25, -0.2) is 13.7 Å². The number of carbonyl (C=O) groups is 2. The standard InChI is InChI=1S/C14H23N5O4S/c1-15-24(22)23-19-10-2-3-11(18(6-10)13(19)21)12(20)17-9-4-14(5-9)7-16-8-14/h9-11,15-16H,2-8H2,1H3,(H,17,20). The Bertz CT molecular complexity index is 576. The van der Waals surface area contributed by atoms with Crippen LogP contribution in [0.25, 0.3) is 0 Å². The normalized spacial score (nSPS) is 32.5. The van der Waals surface area contributed by atoms with Gasteiger partial charge in [-0.2, -0.15) is 9.35 Å². The molecule has 1 saturated carbocycles. The predicted octanol–water partition coefficient (Wildman–Crippen LogP) is -1.15. The average molecular weight is 357 g/mol. The largest absolute Gasteiger partial charge is 0.352 e. The molecule has 3 amide bonds. The van der Waals surface area contributed by atoms with Crippen LogP contribution in [-0.2, 0) is 20.3 Å². The summed E-state index contributed by atoms with van der Waals surface area (Å²) in [7, 11) is 1.49. The second kappa shape index (κ2) is 5.94. The van der Waals surface area contributed by atoms with Gasteiger partial charge in [0.05, 0.1) is 6.04 Å². The van der Waals surface area contributed by atoms with Gasteiger partial charge in [0, 0.05) is 25.7 Å². The zero-order valence-corrected chi connectivity index (χ0v) is 14.4. The van der Waals surface area contributed by atoms with Crippen molar-refractivity contribution in [2.45, 2.75) is 43.8 Å². The fourth-order valence-electron chi connectivity index (χ4n) is 4.27. The van der Waals surface area contributed by atoms with Crippen molar-refractivity contribution >= 4 is 23.2 Å².